The van der Waals surface area contributed by atoms with Crippen LogP contribution in [0.1, 0.15) is 37.8 Å². The number of amides is 1. The zero-order chi connectivity index (χ0) is 20.8. The number of nitrogens with zero attached hydrogens (tertiary/aromatic N) is 3. The number of halogens is 1. The Balaban J connectivity index is 0.00000320. The quantitative estimate of drug-likeness (QED) is 0.202. The molecule has 1 N–H and O–H groups in total. The molecule has 0 radical (unpaired) electrons. The Kier molecular flexibility index (Phi) is 9.38. The van der Waals surface area contributed by atoms with Gasteiger partial charge in [-0.3, -0.25) is 14.6 Å². The third kappa shape index (κ3) is 5.86. The molecule has 2 heterocycles. The Morgan fingerprint density at radius 2 is 1.83 bits per heavy atom. The van der Waals surface area contributed by atoms with E-state index in [9.17, 15) is 9.59 Å². The van der Waals surface area contributed by atoms with Crippen LogP contribution in [0.5, 0.6) is 0 Å². The number of fused-ring (bicyclic) bond motifs is 1. The summed E-state index contributed by atoms with van der Waals surface area (Å²) in [7, 11) is 1.44. The number of rotatable bonds is 6. The van der Waals surface area contributed by atoms with Crippen LogP contribution in [0.15, 0.2) is 29.3 Å². The maximum absolute atomic E-state index is 12.5. The number of hydrogen-bond donors (Lipinski definition) is 1. The summed E-state index contributed by atoms with van der Waals surface area (Å²) in [6, 6.07) is 8.23. The first-order valence-corrected chi connectivity index (χ1v) is 10.5. The van der Waals surface area contributed by atoms with E-state index in [1.807, 2.05) is 24.0 Å². The van der Waals surface area contributed by atoms with E-state index in [2.05, 4.69) is 29.3 Å². The minimum atomic E-state index is -0.159. The molecule has 2 atom stereocenters. The van der Waals surface area contributed by atoms with Gasteiger partial charge in [-0.05, 0) is 30.4 Å². The van der Waals surface area contributed by atoms with Crippen LogP contribution in [0.3, 0.4) is 0 Å². The van der Waals surface area contributed by atoms with Crippen molar-refractivity contribution < 1.29 is 14.3 Å². The Labute approximate surface area is 196 Å². The van der Waals surface area contributed by atoms with Gasteiger partial charge in [0.15, 0.2) is 5.96 Å². The standard InChI is InChI=1S/C22H32N4O3.HI/c1-4-23-22(26-12-16(2)19(15-26)21(28)29-3)24-11-7-10-20(27)25-13-17-8-5-6-9-18(17)14-25;/h5-6,8-9,16,19H,4,7,10-15H2,1-3H3,(H,23,24);1H. The van der Waals surface area contributed by atoms with Crippen molar-refractivity contribution in [3.8, 4) is 0 Å². The van der Waals surface area contributed by atoms with Crippen LogP contribution in [-0.2, 0) is 27.4 Å². The van der Waals surface area contributed by atoms with Crippen LogP contribution in [0.4, 0.5) is 0 Å². The maximum atomic E-state index is 12.5. The van der Waals surface area contributed by atoms with Gasteiger partial charge in [0.25, 0.3) is 0 Å². The predicted molar refractivity (Wildman–Crippen MR) is 128 cm³/mol. The Bertz CT molecular complexity index is 746. The molecule has 166 valence electrons. The topological polar surface area (TPSA) is 74.2 Å². The molecule has 0 bridgehead atoms. The molecule has 2 aliphatic rings. The fourth-order valence-corrected chi connectivity index (χ4v) is 4.11. The summed E-state index contributed by atoms with van der Waals surface area (Å²) >= 11 is 0. The molecule has 1 amide bonds. The lowest BCUT2D eigenvalue weighted by atomic mass is 9.99. The maximum Gasteiger partial charge on any atom is 0.310 e. The number of hydrogen-bond acceptors (Lipinski definition) is 4. The van der Waals surface area contributed by atoms with E-state index in [1.165, 1.54) is 18.2 Å². The number of carbonyl (C=O) groups excluding carboxylic acids is 2. The van der Waals surface area contributed by atoms with Crippen molar-refractivity contribution in [2.75, 3.05) is 33.3 Å². The predicted octanol–water partition coefficient (Wildman–Crippen LogP) is 2.63. The first-order valence-electron chi connectivity index (χ1n) is 10.5. The normalized spacial score (nSPS) is 20.6. The highest BCUT2D eigenvalue weighted by molar-refractivity contribution is 14.0. The second-order valence-electron chi connectivity index (χ2n) is 7.87. The molecule has 3 rings (SSSR count). The van der Waals surface area contributed by atoms with Crippen LogP contribution >= 0.6 is 24.0 Å². The van der Waals surface area contributed by atoms with Gasteiger partial charge in [-0.15, -0.1) is 24.0 Å². The summed E-state index contributed by atoms with van der Waals surface area (Å²) in [4.78, 5) is 33.2. The number of carbonyl (C=O) groups is 2. The summed E-state index contributed by atoms with van der Waals surface area (Å²) in [5.74, 6) is 0.939. The van der Waals surface area contributed by atoms with Gasteiger partial charge < -0.3 is 19.9 Å². The van der Waals surface area contributed by atoms with Crippen LogP contribution in [-0.4, -0.2) is 60.9 Å². The molecule has 0 aliphatic carbocycles. The molecule has 2 aliphatic heterocycles. The number of ether oxygens (including phenoxy) is 1. The fraction of sp³-hybridized carbons (Fsp3) is 0.591. The third-order valence-electron chi connectivity index (χ3n) is 5.75. The van der Waals surface area contributed by atoms with E-state index in [-0.39, 0.29) is 47.7 Å². The zero-order valence-corrected chi connectivity index (χ0v) is 20.4. The lowest BCUT2D eigenvalue weighted by molar-refractivity contribution is -0.146. The highest BCUT2D eigenvalue weighted by Crippen LogP contribution is 2.24. The van der Waals surface area contributed by atoms with Gasteiger partial charge in [0.1, 0.15) is 0 Å². The molecule has 1 fully saturated rings. The van der Waals surface area contributed by atoms with Gasteiger partial charge >= 0.3 is 5.97 Å². The summed E-state index contributed by atoms with van der Waals surface area (Å²) in [5.41, 5.74) is 2.49. The number of esters is 1. The number of aliphatic imine (C=N–C) groups is 1. The Morgan fingerprint density at radius 1 is 1.17 bits per heavy atom. The van der Waals surface area contributed by atoms with Crippen LogP contribution in [0.25, 0.3) is 0 Å². The number of benzene rings is 1. The van der Waals surface area contributed by atoms with Crippen molar-refractivity contribution in [2.45, 2.75) is 39.8 Å². The monoisotopic (exact) mass is 528 g/mol. The van der Waals surface area contributed by atoms with Gasteiger partial charge in [-0.2, -0.15) is 0 Å². The Hall–Kier alpha value is -1.84. The van der Waals surface area contributed by atoms with Crippen LogP contribution in [0, 0.1) is 11.8 Å². The van der Waals surface area contributed by atoms with E-state index < -0.39 is 0 Å². The Morgan fingerprint density at radius 3 is 2.43 bits per heavy atom. The van der Waals surface area contributed by atoms with Gasteiger partial charge in [-0.25, -0.2) is 0 Å². The highest BCUT2D eigenvalue weighted by atomic mass is 127. The largest absolute Gasteiger partial charge is 0.469 e. The first-order chi connectivity index (χ1) is 14.0. The molecule has 1 saturated heterocycles. The SMILES string of the molecule is CCNC(=NCCCC(=O)N1Cc2ccccc2C1)N1CC(C)C(C(=O)OC)C1.I. The number of likely N-dealkylation sites (tertiary alicyclic amines) is 1. The van der Waals surface area contributed by atoms with Crippen molar-refractivity contribution in [2.24, 2.45) is 16.8 Å². The first kappa shape index (κ1) is 24.4. The molecular weight excluding hydrogens is 495 g/mol. The van der Waals surface area contributed by atoms with Crippen molar-refractivity contribution in [1.82, 2.24) is 15.1 Å². The lowest BCUT2D eigenvalue weighted by Gasteiger charge is -2.21. The van der Waals surface area contributed by atoms with E-state index in [0.29, 0.717) is 39.0 Å². The summed E-state index contributed by atoms with van der Waals surface area (Å²) < 4.78 is 4.92. The van der Waals surface area contributed by atoms with Crippen LogP contribution < -0.4 is 5.32 Å². The van der Waals surface area contributed by atoms with Crippen LogP contribution in [0.2, 0.25) is 0 Å². The highest BCUT2D eigenvalue weighted by Gasteiger charge is 2.36. The minimum absolute atomic E-state index is 0. The van der Waals surface area contributed by atoms with E-state index in [1.54, 1.807) is 0 Å². The molecule has 30 heavy (non-hydrogen) atoms. The molecule has 1 aromatic rings. The second-order valence-corrected chi connectivity index (χ2v) is 7.87. The van der Waals surface area contributed by atoms with Crippen molar-refractivity contribution in [3.63, 3.8) is 0 Å². The molecule has 0 aromatic heterocycles. The molecule has 0 spiro atoms. The summed E-state index contributed by atoms with van der Waals surface area (Å²) in [5, 5.41) is 3.31. The molecule has 7 nitrogen and oxygen atoms in total. The van der Waals surface area contributed by atoms with Crippen molar-refractivity contribution in [1.29, 1.82) is 0 Å². The van der Waals surface area contributed by atoms with Crippen molar-refractivity contribution >= 4 is 41.8 Å². The second kappa shape index (κ2) is 11.5. The lowest BCUT2D eigenvalue weighted by Crippen LogP contribution is -2.40. The number of methoxy groups -OCH3 is 1. The van der Waals surface area contributed by atoms with Gasteiger partial charge in [-0.1, -0.05) is 31.2 Å². The zero-order valence-electron chi connectivity index (χ0n) is 18.1. The average molecular weight is 528 g/mol. The number of nitrogens with one attached hydrogen (secondary N) is 1. The molecule has 0 saturated carbocycles. The molecular formula is C22H33IN4O3. The van der Waals surface area contributed by atoms with Gasteiger partial charge in [0.2, 0.25) is 5.91 Å². The summed E-state index contributed by atoms with van der Waals surface area (Å²) in [6.45, 7) is 8.25. The summed E-state index contributed by atoms with van der Waals surface area (Å²) in [6.07, 6.45) is 1.21. The number of guanidine groups is 1. The van der Waals surface area contributed by atoms with E-state index in [0.717, 1.165) is 19.0 Å². The molecule has 8 heteroatoms. The van der Waals surface area contributed by atoms with E-state index in [4.69, 9.17) is 9.73 Å². The average Bonchev–Trinajstić information content (AvgIpc) is 3.33. The van der Waals surface area contributed by atoms with Crippen molar-refractivity contribution in [3.05, 3.63) is 35.4 Å². The molecule has 2 unspecified atom stereocenters. The van der Waals surface area contributed by atoms with Gasteiger partial charge in [0, 0.05) is 45.7 Å². The molecule has 1 aromatic carbocycles. The van der Waals surface area contributed by atoms with E-state index >= 15 is 0 Å². The fourth-order valence-electron chi connectivity index (χ4n) is 4.11. The van der Waals surface area contributed by atoms with Gasteiger partial charge in [0.05, 0.1) is 13.0 Å². The minimum Gasteiger partial charge on any atom is -0.469 e. The third-order valence-corrected chi connectivity index (χ3v) is 5.75. The smallest absolute Gasteiger partial charge is 0.310 e.